The van der Waals surface area contributed by atoms with Gasteiger partial charge in [-0.05, 0) is 60.4 Å². The van der Waals surface area contributed by atoms with Gasteiger partial charge in [0.05, 0.1) is 7.11 Å². The van der Waals surface area contributed by atoms with Crippen LogP contribution in [0.5, 0.6) is 5.75 Å². The number of benzene rings is 2. The van der Waals surface area contributed by atoms with Crippen molar-refractivity contribution in [3.63, 3.8) is 0 Å². The molecule has 6 heteroatoms. The highest BCUT2D eigenvalue weighted by atomic mass is 16.5. The van der Waals surface area contributed by atoms with Gasteiger partial charge >= 0.3 is 5.63 Å². The topological polar surface area (TPSA) is 94.6 Å². The van der Waals surface area contributed by atoms with Crippen LogP contribution in [0.4, 0.5) is 5.69 Å². The minimum Gasteiger partial charge on any atom is -0.497 e. The van der Waals surface area contributed by atoms with Crippen LogP contribution < -0.4 is 21.4 Å². The van der Waals surface area contributed by atoms with E-state index in [1.54, 1.807) is 38.3 Å². The molecule has 0 unspecified atom stereocenters. The SMILES string of the molecule is COc1ccc(CCc2cc(C)c(C(=O)Nc3cccc(CN)c3)c(=O)o2)cc1. The van der Waals surface area contributed by atoms with Crippen LogP contribution in [0.2, 0.25) is 0 Å². The molecule has 3 rings (SSSR count). The molecule has 0 aliphatic heterocycles. The largest absolute Gasteiger partial charge is 0.497 e. The van der Waals surface area contributed by atoms with Crippen LogP contribution in [0.25, 0.3) is 0 Å². The van der Waals surface area contributed by atoms with Gasteiger partial charge in [0.2, 0.25) is 0 Å². The van der Waals surface area contributed by atoms with Crippen LogP contribution in [0.1, 0.15) is 32.8 Å². The van der Waals surface area contributed by atoms with Crippen molar-refractivity contribution in [3.05, 3.63) is 93.0 Å². The zero-order valence-corrected chi connectivity index (χ0v) is 16.5. The van der Waals surface area contributed by atoms with E-state index in [1.165, 1.54) is 0 Å². The average molecular weight is 392 g/mol. The lowest BCUT2D eigenvalue weighted by Gasteiger charge is -2.09. The Morgan fingerprint density at radius 3 is 2.48 bits per heavy atom. The first kappa shape index (κ1) is 20.4. The van der Waals surface area contributed by atoms with E-state index in [-0.39, 0.29) is 5.56 Å². The molecule has 0 fully saturated rings. The Kier molecular flexibility index (Phi) is 6.46. The number of ether oxygens (including phenoxy) is 1. The van der Waals surface area contributed by atoms with Crippen LogP contribution in [0.3, 0.4) is 0 Å². The van der Waals surface area contributed by atoms with E-state index in [1.807, 2.05) is 30.3 Å². The number of anilines is 1. The number of aryl methyl sites for hydroxylation is 3. The summed E-state index contributed by atoms with van der Waals surface area (Å²) in [7, 11) is 1.62. The van der Waals surface area contributed by atoms with Crippen molar-refractivity contribution in [1.82, 2.24) is 0 Å². The smallest absolute Gasteiger partial charge is 0.349 e. The molecule has 6 nitrogen and oxygen atoms in total. The molecule has 1 amide bonds. The number of carbonyl (C=O) groups excluding carboxylic acids is 1. The number of carbonyl (C=O) groups is 1. The minimum atomic E-state index is -0.637. The summed E-state index contributed by atoms with van der Waals surface area (Å²) >= 11 is 0. The fourth-order valence-corrected chi connectivity index (χ4v) is 3.10. The maximum absolute atomic E-state index is 12.6. The first-order valence-corrected chi connectivity index (χ1v) is 9.37. The number of methoxy groups -OCH3 is 1. The molecular formula is C23H24N2O4. The Labute approximate surface area is 169 Å². The van der Waals surface area contributed by atoms with Crippen LogP contribution >= 0.6 is 0 Å². The van der Waals surface area contributed by atoms with Gasteiger partial charge in [0.15, 0.2) is 0 Å². The van der Waals surface area contributed by atoms with E-state index in [0.29, 0.717) is 36.4 Å². The lowest BCUT2D eigenvalue weighted by Crippen LogP contribution is -2.23. The third-order valence-electron chi connectivity index (χ3n) is 4.67. The highest BCUT2D eigenvalue weighted by molar-refractivity contribution is 6.04. The first-order valence-electron chi connectivity index (χ1n) is 9.37. The molecule has 0 saturated heterocycles. The summed E-state index contributed by atoms with van der Waals surface area (Å²) < 4.78 is 10.5. The summed E-state index contributed by atoms with van der Waals surface area (Å²) in [4.78, 5) is 25.0. The van der Waals surface area contributed by atoms with E-state index in [9.17, 15) is 9.59 Å². The number of hydrogen-bond donors (Lipinski definition) is 2. The predicted molar refractivity (Wildman–Crippen MR) is 112 cm³/mol. The number of nitrogens with two attached hydrogens (primary N) is 1. The summed E-state index contributed by atoms with van der Waals surface area (Å²) in [5.74, 6) is 0.848. The van der Waals surface area contributed by atoms with Gasteiger partial charge in [-0.25, -0.2) is 4.79 Å². The van der Waals surface area contributed by atoms with E-state index in [0.717, 1.165) is 16.9 Å². The van der Waals surface area contributed by atoms with Crippen LogP contribution in [0, 0.1) is 6.92 Å². The summed E-state index contributed by atoms with van der Waals surface area (Å²) in [6.07, 6.45) is 1.27. The van der Waals surface area contributed by atoms with E-state index in [2.05, 4.69) is 5.32 Å². The van der Waals surface area contributed by atoms with E-state index >= 15 is 0 Å². The number of amides is 1. The zero-order valence-electron chi connectivity index (χ0n) is 16.5. The molecule has 3 aromatic rings. The highest BCUT2D eigenvalue weighted by Gasteiger charge is 2.17. The Balaban J connectivity index is 1.72. The van der Waals surface area contributed by atoms with Gasteiger partial charge in [-0.1, -0.05) is 24.3 Å². The van der Waals surface area contributed by atoms with Crippen molar-refractivity contribution < 1.29 is 13.9 Å². The van der Waals surface area contributed by atoms with Gasteiger partial charge < -0.3 is 20.2 Å². The summed E-state index contributed by atoms with van der Waals surface area (Å²) in [5.41, 5.74) is 8.16. The second-order valence-electron chi connectivity index (χ2n) is 6.76. The second kappa shape index (κ2) is 9.21. The molecule has 150 valence electrons. The van der Waals surface area contributed by atoms with Gasteiger partial charge in [0.25, 0.3) is 5.91 Å². The molecule has 0 saturated carbocycles. The van der Waals surface area contributed by atoms with Crippen molar-refractivity contribution >= 4 is 11.6 Å². The number of nitrogens with one attached hydrogen (secondary N) is 1. The Hall–Kier alpha value is -3.38. The van der Waals surface area contributed by atoms with Gasteiger partial charge in [0, 0.05) is 18.7 Å². The molecule has 0 atom stereocenters. The molecule has 0 aliphatic carbocycles. The third kappa shape index (κ3) is 5.12. The Morgan fingerprint density at radius 1 is 1.07 bits per heavy atom. The van der Waals surface area contributed by atoms with Crippen molar-refractivity contribution in [2.75, 3.05) is 12.4 Å². The maximum atomic E-state index is 12.6. The number of hydrogen-bond acceptors (Lipinski definition) is 5. The van der Waals surface area contributed by atoms with Gasteiger partial charge in [-0.3, -0.25) is 4.79 Å². The van der Waals surface area contributed by atoms with Gasteiger partial charge in [0.1, 0.15) is 17.1 Å². The fourth-order valence-electron chi connectivity index (χ4n) is 3.10. The zero-order chi connectivity index (χ0) is 20.8. The average Bonchev–Trinajstić information content (AvgIpc) is 2.72. The maximum Gasteiger partial charge on any atom is 0.349 e. The highest BCUT2D eigenvalue weighted by Crippen LogP contribution is 2.16. The molecule has 0 spiro atoms. The van der Waals surface area contributed by atoms with Gasteiger partial charge in [-0.15, -0.1) is 0 Å². The van der Waals surface area contributed by atoms with Crippen LogP contribution in [-0.2, 0) is 19.4 Å². The standard InChI is InChI=1S/C23H24N2O4/c1-15-12-20(11-8-16-6-9-19(28-2)10-7-16)29-23(27)21(15)22(26)25-18-5-3-4-17(13-18)14-24/h3-7,9-10,12-13H,8,11,14,24H2,1-2H3,(H,25,26). The number of rotatable bonds is 7. The fraction of sp³-hybridized carbons (Fsp3) is 0.217. The van der Waals surface area contributed by atoms with E-state index in [4.69, 9.17) is 14.9 Å². The minimum absolute atomic E-state index is 0.0105. The lowest BCUT2D eigenvalue weighted by atomic mass is 10.1. The lowest BCUT2D eigenvalue weighted by molar-refractivity contribution is 0.102. The molecule has 29 heavy (non-hydrogen) atoms. The molecule has 0 bridgehead atoms. The predicted octanol–water partition coefficient (Wildman–Crippen LogP) is 3.45. The quantitative estimate of drug-likeness (QED) is 0.642. The van der Waals surface area contributed by atoms with Crippen molar-refractivity contribution in [2.45, 2.75) is 26.3 Å². The third-order valence-corrected chi connectivity index (χ3v) is 4.67. The van der Waals surface area contributed by atoms with Crippen LogP contribution in [-0.4, -0.2) is 13.0 Å². The molecule has 0 aliphatic rings. The Bertz CT molecular complexity index is 1060. The van der Waals surface area contributed by atoms with E-state index < -0.39 is 11.5 Å². The molecule has 0 radical (unpaired) electrons. The van der Waals surface area contributed by atoms with Crippen molar-refractivity contribution in [2.24, 2.45) is 5.73 Å². The van der Waals surface area contributed by atoms with Crippen molar-refractivity contribution in [1.29, 1.82) is 0 Å². The molecule has 3 N–H and O–H groups in total. The normalized spacial score (nSPS) is 10.6. The second-order valence-corrected chi connectivity index (χ2v) is 6.76. The summed E-state index contributed by atoms with van der Waals surface area (Å²) in [6.45, 7) is 2.10. The summed E-state index contributed by atoms with van der Waals surface area (Å²) in [5, 5.41) is 2.74. The van der Waals surface area contributed by atoms with Gasteiger partial charge in [-0.2, -0.15) is 0 Å². The Morgan fingerprint density at radius 2 is 1.83 bits per heavy atom. The molecular weight excluding hydrogens is 368 g/mol. The monoisotopic (exact) mass is 392 g/mol. The molecule has 1 heterocycles. The van der Waals surface area contributed by atoms with Crippen molar-refractivity contribution in [3.8, 4) is 5.75 Å². The first-order chi connectivity index (χ1) is 14.0. The van der Waals surface area contributed by atoms with Crippen LogP contribution in [0.15, 0.2) is 63.8 Å². The molecule has 1 aromatic heterocycles. The summed E-state index contributed by atoms with van der Waals surface area (Å²) in [6, 6.07) is 16.7. The molecule has 2 aromatic carbocycles.